The Morgan fingerprint density at radius 2 is 1.97 bits per heavy atom. The molecule has 3 heterocycles. The van der Waals surface area contributed by atoms with E-state index >= 15 is 0 Å². The van der Waals surface area contributed by atoms with E-state index in [0.717, 1.165) is 18.4 Å². The van der Waals surface area contributed by atoms with Crippen molar-refractivity contribution in [3.63, 3.8) is 0 Å². The largest absolute Gasteiger partial charge is 0.350 e. The zero-order valence-corrected chi connectivity index (χ0v) is 17.6. The molecule has 2 aliphatic rings. The molecule has 3 aromatic rings. The lowest BCUT2D eigenvalue weighted by Crippen LogP contribution is -2.33. The Balaban J connectivity index is 1.28. The van der Waals surface area contributed by atoms with E-state index in [1.54, 1.807) is 4.90 Å². The molecule has 1 N–H and O–H groups in total. The predicted molar refractivity (Wildman–Crippen MR) is 116 cm³/mol. The third-order valence-corrected chi connectivity index (χ3v) is 6.35. The Morgan fingerprint density at radius 1 is 1.16 bits per heavy atom. The third-order valence-electron chi connectivity index (χ3n) is 6.35. The lowest BCUT2D eigenvalue weighted by molar-refractivity contribution is -0.127. The average molecular weight is 418 g/mol. The number of nitrogens with zero attached hydrogens (tertiary/aromatic N) is 4. The molecule has 7 heteroatoms. The highest BCUT2D eigenvalue weighted by molar-refractivity contribution is 5.93. The number of carbonyl (C=O) groups excluding carboxylic acids is 2. The van der Waals surface area contributed by atoms with Crippen molar-refractivity contribution in [2.75, 3.05) is 13.6 Å². The van der Waals surface area contributed by atoms with Crippen molar-refractivity contribution >= 4 is 11.8 Å². The monoisotopic (exact) mass is 417 g/mol. The van der Waals surface area contributed by atoms with Crippen molar-refractivity contribution in [3.8, 4) is 0 Å². The van der Waals surface area contributed by atoms with E-state index in [2.05, 4.69) is 27.1 Å². The highest BCUT2D eigenvalue weighted by Gasteiger charge is 2.39. The van der Waals surface area contributed by atoms with Gasteiger partial charge in [0, 0.05) is 49.9 Å². The second kappa shape index (κ2) is 8.06. The summed E-state index contributed by atoms with van der Waals surface area (Å²) in [6.45, 7) is 1.14. The summed E-state index contributed by atoms with van der Waals surface area (Å²) >= 11 is 0. The molecule has 1 aromatic carbocycles. The van der Waals surface area contributed by atoms with E-state index in [9.17, 15) is 9.59 Å². The fourth-order valence-corrected chi connectivity index (χ4v) is 4.59. The minimum atomic E-state index is -0.0902. The normalized spacial score (nSPS) is 20.9. The van der Waals surface area contributed by atoms with Crippen molar-refractivity contribution in [3.05, 3.63) is 77.9 Å². The zero-order valence-electron chi connectivity index (χ0n) is 17.6. The standard InChI is InChI=1S/C24H27N5O2/c1-27-22(30)12-18(13-25-24(31)21-8-5-11-29(21)20-9-10-20)23(27)19-14-26-28(16-19)15-17-6-3-2-4-7-17/h2-8,11,14,16,18,20,23H,9-10,12-13,15H2,1H3,(H,25,31)/t18-,23+/m0/s1. The van der Waals surface area contributed by atoms with Crippen LogP contribution in [-0.2, 0) is 11.3 Å². The van der Waals surface area contributed by atoms with Crippen molar-refractivity contribution in [1.82, 2.24) is 24.6 Å². The van der Waals surface area contributed by atoms with Crippen LogP contribution in [-0.4, -0.2) is 44.7 Å². The molecule has 1 saturated heterocycles. The van der Waals surface area contributed by atoms with Gasteiger partial charge in [-0.1, -0.05) is 30.3 Å². The van der Waals surface area contributed by atoms with E-state index in [1.807, 2.05) is 60.7 Å². The number of nitrogens with one attached hydrogen (secondary N) is 1. The van der Waals surface area contributed by atoms with Gasteiger partial charge in [0.15, 0.2) is 0 Å². The first-order valence-electron chi connectivity index (χ1n) is 10.9. The summed E-state index contributed by atoms with van der Waals surface area (Å²) in [5.74, 6) is 0.0407. The van der Waals surface area contributed by atoms with Crippen LogP contribution in [0.15, 0.2) is 61.1 Å². The van der Waals surface area contributed by atoms with Crippen molar-refractivity contribution in [2.45, 2.75) is 37.9 Å². The smallest absolute Gasteiger partial charge is 0.267 e. The number of likely N-dealkylation sites (tertiary alicyclic amines) is 1. The molecule has 31 heavy (non-hydrogen) atoms. The topological polar surface area (TPSA) is 72.2 Å². The van der Waals surface area contributed by atoms with Crippen molar-refractivity contribution in [1.29, 1.82) is 0 Å². The van der Waals surface area contributed by atoms with Crippen LogP contribution in [0.5, 0.6) is 0 Å². The molecule has 1 saturated carbocycles. The quantitative estimate of drug-likeness (QED) is 0.642. The van der Waals surface area contributed by atoms with Gasteiger partial charge >= 0.3 is 0 Å². The van der Waals surface area contributed by atoms with Gasteiger partial charge in [-0.3, -0.25) is 14.3 Å². The first kappa shape index (κ1) is 19.6. The van der Waals surface area contributed by atoms with Gasteiger partial charge in [0.25, 0.3) is 5.91 Å². The molecule has 2 aromatic heterocycles. The average Bonchev–Trinajstić information content (AvgIpc) is 3.19. The molecule has 2 atom stereocenters. The summed E-state index contributed by atoms with van der Waals surface area (Å²) in [7, 11) is 1.83. The number of aromatic nitrogens is 3. The van der Waals surface area contributed by atoms with E-state index < -0.39 is 0 Å². The lowest BCUT2D eigenvalue weighted by Gasteiger charge is -2.24. The van der Waals surface area contributed by atoms with Gasteiger partial charge < -0.3 is 14.8 Å². The molecule has 2 amide bonds. The first-order valence-corrected chi connectivity index (χ1v) is 10.9. The number of hydrogen-bond donors (Lipinski definition) is 1. The van der Waals surface area contributed by atoms with Crippen molar-refractivity contribution in [2.24, 2.45) is 5.92 Å². The van der Waals surface area contributed by atoms with Gasteiger partial charge in [-0.15, -0.1) is 0 Å². The molecule has 0 spiro atoms. The van der Waals surface area contributed by atoms with Crippen LogP contribution in [0.3, 0.4) is 0 Å². The maximum atomic E-state index is 12.8. The van der Waals surface area contributed by atoms with E-state index in [4.69, 9.17) is 0 Å². The van der Waals surface area contributed by atoms with E-state index in [1.165, 1.54) is 5.56 Å². The molecular weight excluding hydrogens is 390 g/mol. The van der Waals surface area contributed by atoms with Crippen LogP contribution in [0.2, 0.25) is 0 Å². The summed E-state index contributed by atoms with van der Waals surface area (Å²) in [6.07, 6.45) is 8.52. The minimum absolute atomic E-state index is 0.0140. The summed E-state index contributed by atoms with van der Waals surface area (Å²) < 4.78 is 3.96. The number of rotatable bonds is 7. The first-order chi connectivity index (χ1) is 15.1. The third kappa shape index (κ3) is 4.00. The highest BCUT2D eigenvalue weighted by atomic mass is 16.2. The fourth-order valence-electron chi connectivity index (χ4n) is 4.59. The Kier molecular flexibility index (Phi) is 5.10. The second-order valence-electron chi connectivity index (χ2n) is 8.61. The summed E-state index contributed by atoms with van der Waals surface area (Å²) in [5.41, 5.74) is 2.88. The number of amides is 2. The van der Waals surface area contributed by atoms with Gasteiger partial charge in [-0.25, -0.2) is 0 Å². The minimum Gasteiger partial charge on any atom is -0.350 e. The molecular formula is C24H27N5O2. The Bertz CT molecular complexity index is 1080. The summed E-state index contributed by atoms with van der Waals surface area (Å²) in [4.78, 5) is 27.0. The number of hydrogen-bond acceptors (Lipinski definition) is 3. The van der Waals surface area contributed by atoms with Gasteiger partial charge in [0.05, 0.1) is 18.8 Å². The lowest BCUT2D eigenvalue weighted by atomic mass is 9.95. The maximum Gasteiger partial charge on any atom is 0.267 e. The Morgan fingerprint density at radius 3 is 2.74 bits per heavy atom. The number of benzene rings is 1. The maximum absolute atomic E-state index is 12.8. The van der Waals surface area contributed by atoms with Crippen LogP contribution in [0.4, 0.5) is 0 Å². The zero-order chi connectivity index (χ0) is 21.4. The van der Waals surface area contributed by atoms with Gasteiger partial charge in [-0.05, 0) is 30.5 Å². The van der Waals surface area contributed by atoms with Gasteiger partial charge in [0.2, 0.25) is 5.91 Å². The van der Waals surface area contributed by atoms with E-state index in [0.29, 0.717) is 31.2 Å². The van der Waals surface area contributed by atoms with Crippen LogP contribution in [0, 0.1) is 5.92 Å². The predicted octanol–water partition coefficient (Wildman–Crippen LogP) is 3.02. The molecule has 2 fully saturated rings. The number of carbonyl (C=O) groups is 2. The van der Waals surface area contributed by atoms with E-state index in [-0.39, 0.29) is 23.8 Å². The molecule has 1 aliphatic heterocycles. The van der Waals surface area contributed by atoms with Gasteiger partial charge in [0.1, 0.15) is 5.69 Å². The summed E-state index contributed by atoms with van der Waals surface area (Å²) in [6, 6.07) is 14.3. The molecule has 5 rings (SSSR count). The second-order valence-corrected chi connectivity index (χ2v) is 8.61. The molecule has 7 nitrogen and oxygen atoms in total. The van der Waals surface area contributed by atoms with Crippen LogP contribution in [0.25, 0.3) is 0 Å². The summed E-state index contributed by atoms with van der Waals surface area (Å²) in [5, 5.41) is 7.58. The highest BCUT2D eigenvalue weighted by Crippen LogP contribution is 2.37. The fraction of sp³-hybridized carbons (Fsp3) is 0.375. The van der Waals surface area contributed by atoms with Gasteiger partial charge in [-0.2, -0.15) is 5.10 Å². The van der Waals surface area contributed by atoms with Crippen LogP contribution >= 0.6 is 0 Å². The van der Waals surface area contributed by atoms with Crippen LogP contribution in [0.1, 0.15) is 53.0 Å². The molecule has 0 unspecified atom stereocenters. The van der Waals surface area contributed by atoms with Crippen molar-refractivity contribution < 1.29 is 9.59 Å². The molecule has 160 valence electrons. The Labute approximate surface area is 181 Å². The Hall–Kier alpha value is -3.35. The molecule has 0 radical (unpaired) electrons. The molecule has 1 aliphatic carbocycles. The SMILES string of the molecule is CN1C(=O)C[C@@H](CNC(=O)c2cccn2C2CC2)[C@@H]1c1cnn(Cc2ccccc2)c1. The van der Waals surface area contributed by atoms with Crippen LogP contribution < -0.4 is 5.32 Å². The molecule has 0 bridgehead atoms.